The van der Waals surface area contributed by atoms with Gasteiger partial charge in [0.15, 0.2) is 6.04 Å². The number of hydrogen-bond donors (Lipinski definition) is 2. The molecule has 0 aliphatic rings. The van der Waals surface area contributed by atoms with E-state index in [4.69, 9.17) is 0 Å². The van der Waals surface area contributed by atoms with Crippen molar-refractivity contribution in [3.8, 4) is 0 Å². The highest BCUT2D eigenvalue weighted by molar-refractivity contribution is 5.96. The number of nitrogens with one attached hydrogen (secondary N) is 2. The van der Waals surface area contributed by atoms with Crippen LogP contribution in [0.5, 0.6) is 0 Å². The van der Waals surface area contributed by atoms with Crippen molar-refractivity contribution in [1.29, 1.82) is 0 Å². The van der Waals surface area contributed by atoms with E-state index >= 15 is 0 Å². The van der Waals surface area contributed by atoms with Crippen LogP contribution in [0.4, 0.5) is 11.4 Å². The molecule has 0 fully saturated rings. The Morgan fingerprint density at radius 2 is 1.60 bits per heavy atom. The SMILES string of the molecule is CC(=O)Nc1ccc(NC(=O)C(c2ccccc2)n2cnnn2)cc1. The van der Waals surface area contributed by atoms with Crippen LogP contribution in [0.1, 0.15) is 18.5 Å². The number of carbonyl (C=O) groups excluding carboxylic acids is 2. The average Bonchev–Trinajstić information content (AvgIpc) is 3.11. The summed E-state index contributed by atoms with van der Waals surface area (Å²) in [6.07, 6.45) is 1.40. The van der Waals surface area contributed by atoms with Gasteiger partial charge in [-0.3, -0.25) is 9.59 Å². The van der Waals surface area contributed by atoms with Gasteiger partial charge in [-0.05, 0) is 40.3 Å². The van der Waals surface area contributed by atoms with Gasteiger partial charge in [-0.2, -0.15) is 0 Å². The lowest BCUT2D eigenvalue weighted by Gasteiger charge is -2.16. The summed E-state index contributed by atoms with van der Waals surface area (Å²) in [5.74, 6) is -0.426. The van der Waals surface area contributed by atoms with Crippen LogP contribution in [-0.4, -0.2) is 32.0 Å². The summed E-state index contributed by atoms with van der Waals surface area (Å²) in [6.45, 7) is 1.44. The minimum Gasteiger partial charge on any atom is -0.326 e. The van der Waals surface area contributed by atoms with Crippen LogP contribution >= 0.6 is 0 Å². The fraction of sp³-hybridized carbons (Fsp3) is 0.118. The van der Waals surface area contributed by atoms with E-state index in [0.29, 0.717) is 11.4 Å². The molecule has 2 N–H and O–H groups in total. The van der Waals surface area contributed by atoms with Crippen molar-refractivity contribution < 1.29 is 9.59 Å². The molecule has 1 atom stereocenters. The van der Waals surface area contributed by atoms with Crippen LogP contribution in [0.3, 0.4) is 0 Å². The summed E-state index contributed by atoms with van der Waals surface area (Å²) in [5.41, 5.74) is 2.03. The quantitative estimate of drug-likeness (QED) is 0.740. The second-order valence-electron chi connectivity index (χ2n) is 5.35. The zero-order valence-corrected chi connectivity index (χ0v) is 13.5. The van der Waals surface area contributed by atoms with E-state index in [1.807, 2.05) is 30.3 Å². The second kappa shape index (κ2) is 7.35. The number of hydrogen-bond acceptors (Lipinski definition) is 5. The molecule has 1 aromatic heterocycles. The van der Waals surface area contributed by atoms with Crippen molar-refractivity contribution in [2.75, 3.05) is 10.6 Å². The molecule has 2 aromatic carbocycles. The molecule has 0 spiro atoms. The van der Waals surface area contributed by atoms with Crippen LogP contribution in [0.25, 0.3) is 0 Å². The van der Waals surface area contributed by atoms with Gasteiger partial charge in [0.2, 0.25) is 5.91 Å². The summed E-state index contributed by atoms with van der Waals surface area (Å²) < 4.78 is 1.40. The zero-order valence-electron chi connectivity index (χ0n) is 13.5. The number of nitrogens with zero attached hydrogens (tertiary/aromatic N) is 4. The molecule has 25 heavy (non-hydrogen) atoms. The zero-order chi connectivity index (χ0) is 17.6. The van der Waals surface area contributed by atoms with Gasteiger partial charge in [0.25, 0.3) is 5.91 Å². The van der Waals surface area contributed by atoms with E-state index in [-0.39, 0.29) is 11.8 Å². The van der Waals surface area contributed by atoms with E-state index in [1.54, 1.807) is 24.3 Å². The van der Waals surface area contributed by atoms with Gasteiger partial charge in [0.1, 0.15) is 6.33 Å². The lowest BCUT2D eigenvalue weighted by atomic mass is 10.1. The highest BCUT2D eigenvalue weighted by Crippen LogP contribution is 2.20. The molecule has 126 valence electrons. The summed E-state index contributed by atoms with van der Waals surface area (Å²) in [5, 5.41) is 16.6. The van der Waals surface area contributed by atoms with Gasteiger partial charge in [0, 0.05) is 18.3 Å². The topological polar surface area (TPSA) is 102 Å². The van der Waals surface area contributed by atoms with Crippen molar-refractivity contribution >= 4 is 23.2 Å². The van der Waals surface area contributed by atoms with Gasteiger partial charge in [-0.15, -0.1) is 5.10 Å². The number of rotatable bonds is 5. The lowest BCUT2D eigenvalue weighted by molar-refractivity contribution is -0.118. The van der Waals surface area contributed by atoms with Crippen LogP contribution in [0, 0.1) is 0 Å². The van der Waals surface area contributed by atoms with Gasteiger partial charge in [0.05, 0.1) is 0 Å². The first kappa shape index (κ1) is 16.3. The Morgan fingerprint density at radius 1 is 0.960 bits per heavy atom. The molecule has 0 radical (unpaired) electrons. The highest BCUT2D eigenvalue weighted by atomic mass is 16.2. The average molecular weight is 336 g/mol. The Morgan fingerprint density at radius 3 is 2.16 bits per heavy atom. The Kier molecular flexibility index (Phi) is 4.79. The van der Waals surface area contributed by atoms with E-state index in [1.165, 1.54) is 17.9 Å². The summed E-state index contributed by atoms with van der Waals surface area (Å²) >= 11 is 0. The number of tetrazole rings is 1. The Labute approximate surface area is 143 Å². The second-order valence-corrected chi connectivity index (χ2v) is 5.35. The molecule has 0 aliphatic carbocycles. The maximum atomic E-state index is 12.8. The number of benzene rings is 2. The van der Waals surface area contributed by atoms with Crippen molar-refractivity contribution in [1.82, 2.24) is 20.2 Å². The number of amides is 2. The summed E-state index contributed by atoms with van der Waals surface area (Å²) in [4.78, 5) is 23.8. The van der Waals surface area contributed by atoms with Gasteiger partial charge in [-0.1, -0.05) is 30.3 Å². The standard InChI is InChI=1S/C17H16N6O2/c1-12(24)19-14-7-9-15(10-8-14)20-17(25)16(23-11-18-21-22-23)13-5-3-2-4-6-13/h2-11,16H,1H3,(H,19,24)(H,20,25). The van der Waals surface area contributed by atoms with Crippen molar-refractivity contribution in [3.05, 3.63) is 66.5 Å². The molecule has 1 heterocycles. The minimum atomic E-state index is -0.689. The molecule has 3 rings (SSSR count). The summed E-state index contributed by atoms with van der Waals surface area (Å²) in [6, 6.07) is 15.4. The van der Waals surface area contributed by atoms with E-state index in [0.717, 1.165) is 5.56 Å². The van der Waals surface area contributed by atoms with E-state index in [2.05, 4.69) is 26.2 Å². The first-order valence-electron chi connectivity index (χ1n) is 7.59. The van der Waals surface area contributed by atoms with E-state index in [9.17, 15) is 9.59 Å². The van der Waals surface area contributed by atoms with Gasteiger partial charge in [-0.25, -0.2) is 4.68 Å². The third kappa shape index (κ3) is 4.05. The molecule has 0 saturated carbocycles. The van der Waals surface area contributed by atoms with Crippen LogP contribution in [0.15, 0.2) is 60.9 Å². The van der Waals surface area contributed by atoms with Gasteiger partial charge >= 0.3 is 0 Å². The maximum Gasteiger partial charge on any atom is 0.253 e. The molecular formula is C17H16N6O2. The Balaban J connectivity index is 1.80. The van der Waals surface area contributed by atoms with Crippen molar-refractivity contribution in [2.45, 2.75) is 13.0 Å². The molecule has 1 unspecified atom stereocenters. The summed E-state index contributed by atoms with van der Waals surface area (Å²) in [7, 11) is 0. The predicted octanol–water partition coefficient (Wildman–Crippen LogP) is 1.86. The Bertz CT molecular complexity index is 847. The molecule has 8 nitrogen and oxygen atoms in total. The van der Waals surface area contributed by atoms with Crippen LogP contribution in [0.2, 0.25) is 0 Å². The Hall–Kier alpha value is -3.55. The third-order valence-electron chi connectivity index (χ3n) is 3.47. The first-order valence-corrected chi connectivity index (χ1v) is 7.59. The largest absolute Gasteiger partial charge is 0.326 e. The fourth-order valence-electron chi connectivity index (χ4n) is 2.40. The van der Waals surface area contributed by atoms with E-state index < -0.39 is 6.04 Å². The van der Waals surface area contributed by atoms with Crippen LogP contribution < -0.4 is 10.6 Å². The van der Waals surface area contributed by atoms with Crippen molar-refractivity contribution in [3.63, 3.8) is 0 Å². The molecule has 8 heteroatoms. The molecule has 0 aliphatic heterocycles. The highest BCUT2D eigenvalue weighted by Gasteiger charge is 2.23. The molecule has 0 bridgehead atoms. The number of carbonyl (C=O) groups is 2. The number of aromatic nitrogens is 4. The predicted molar refractivity (Wildman–Crippen MR) is 91.8 cm³/mol. The third-order valence-corrected chi connectivity index (χ3v) is 3.47. The normalized spacial score (nSPS) is 11.6. The first-order chi connectivity index (χ1) is 12.1. The number of anilines is 2. The van der Waals surface area contributed by atoms with Gasteiger partial charge < -0.3 is 10.6 Å². The molecule has 2 amide bonds. The molecule has 3 aromatic rings. The fourth-order valence-corrected chi connectivity index (χ4v) is 2.40. The molecular weight excluding hydrogens is 320 g/mol. The van der Waals surface area contributed by atoms with Crippen molar-refractivity contribution in [2.24, 2.45) is 0 Å². The smallest absolute Gasteiger partial charge is 0.253 e. The van der Waals surface area contributed by atoms with Crippen LogP contribution in [-0.2, 0) is 9.59 Å². The molecule has 0 saturated heterocycles. The maximum absolute atomic E-state index is 12.8. The lowest BCUT2D eigenvalue weighted by Crippen LogP contribution is -2.27. The monoisotopic (exact) mass is 336 g/mol. The minimum absolute atomic E-state index is 0.153.